The van der Waals surface area contributed by atoms with Gasteiger partial charge in [0, 0.05) is 44.8 Å². The molecule has 2 aromatic rings. The van der Waals surface area contributed by atoms with Crippen LogP contribution in [0.3, 0.4) is 0 Å². The average molecular weight is 446 g/mol. The van der Waals surface area contributed by atoms with Crippen LogP contribution < -0.4 is 13.9 Å². The molecule has 1 heterocycles. The van der Waals surface area contributed by atoms with Crippen LogP contribution in [0.2, 0.25) is 0 Å². The number of hydrogen-bond donors (Lipinski definition) is 0. The molecule has 0 aliphatic carbocycles. The lowest BCUT2D eigenvalue weighted by Crippen LogP contribution is -2.48. The van der Waals surface area contributed by atoms with Crippen molar-refractivity contribution >= 4 is 27.3 Å². The summed E-state index contributed by atoms with van der Waals surface area (Å²) in [5.41, 5.74) is 1.75. The zero-order valence-electron chi connectivity index (χ0n) is 18.2. The Morgan fingerprint density at radius 1 is 1.00 bits per heavy atom. The van der Waals surface area contributed by atoms with E-state index in [0.717, 1.165) is 13.1 Å². The largest absolute Gasteiger partial charge is 0.494 e. The molecule has 1 saturated heterocycles. The first-order valence-electron chi connectivity index (χ1n) is 10.7. The predicted molar refractivity (Wildman–Crippen MR) is 124 cm³/mol. The smallest absolute Gasteiger partial charge is 0.232 e. The van der Waals surface area contributed by atoms with Crippen LogP contribution in [0.4, 0.5) is 11.4 Å². The summed E-state index contributed by atoms with van der Waals surface area (Å²) in [7, 11) is -3.44. The van der Waals surface area contributed by atoms with Crippen molar-refractivity contribution in [3.8, 4) is 5.75 Å². The lowest BCUT2D eigenvalue weighted by atomic mass is 10.2. The molecule has 0 saturated carbocycles. The van der Waals surface area contributed by atoms with Crippen molar-refractivity contribution in [3.63, 3.8) is 0 Å². The number of para-hydroxylation sites is 1. The Labute approximate surface area is 185 Å². The fourth-order valence-electron chi connectivity index (χ4n) is 3.75. The van der Waals surface area contributed by atoms with Crippen LogP contribution in [0, 0.1) is 0 Å². The number of sulfonamides is 1. The maximum absolute atomic E-state index is 12.6. The highest BCUT2D eigenvalue weighted by Crippen LogP contribution is 2.22. The first-order chi connectivity index (χ1) is 14.9. The minimum atomic E-state index is -3.44. The van der Waals surface area contributed by atoms with Gasteiger partial charge in [0.25, 0.3) is 0 Å². The maximum Gasteiger partial charge on any atom is 0.232 e. The molecular formula is C23H31N3O4S. The van der Waals surface area contributed by atoms with Gasteiger partial charge in [0.05, 0.1) is 18.6 Å². The number of piperazine rings is 1. The van der Waals surface area contributed by atoms with Crippen molar-refractivity contribution in [2.24, 2.45) is 0 Å². The number of rotatable bonds is 9. The molecule has 0 bridgehead atoms. The number of amides is 1. The highest BCUT2D eigenvalue weighted by molar-refractivity contribution is 7.92. The van der Waals surface area contributed by atoms with Gasteiger partial charge in [-0.05, 0) is 49.7 Å². The molecule has 1 amide bonds. The summed E-state index contributed by atoms with van der Waals surface area (Å²) in [6.07, 6.45) is 1.99. The Balaban J connectivity index is 1.51. The van der Waals surface area contributed by atoms with E-state index < -0.39 is 10.0 Å². The van der Waals surface area contributed by atoms with Crippen LogP contribution in [0.15, 0.2) is 54.6 Å². The predicted octanol–water partition coefficient (Wildman–Crippen LogP) is 2.98. The molecule has 0 radical (unpaired) electrons. The molecule has 3 rings (SSSR count). The monoisotopic (exact) mass is 445 g/mol. The summed E-state index contributed by atoms with van der Waals surface area (Å²) in [6.45, 7) is 5.69. The van der Waals surface area contributed by atoms with E-state index in [9.17, 15) is 13.2 Å². The number of nitrogens with zero attached hydrogens (tertiary/aromatic N) is 3. The zero-order chi connectivity index (χ0) is 22.3. The Bertz CT molecular complexity index is 941. The molecule has 1 aliphatic heterocycles. The third-order valence-electron chi connectivity index (χ3n) is 5.34. The Kier molecular flexibility index (Phi) is 7.79. The fraction of sp³-hybridized carbons (Fsp3) is 0.435. The quantitative estimate of drug-likeness (QED) is 0.594. The van der Waals surface area contributed by atoms with Crippen molar-refractivity contribution in [2.75, 3.05) is 54.8 Å². The number of benzene rings is 2. The van der Waals surface area contributed by atoms with Crippen LogP contribution in [0.25, 0.3) is 0 Å². The van der Waals surface area contributed by atoms with Crippen molar-refractivity contribution in [1.82, 2.24) is 4.90 Å². The Hall–Kier alpha value is -2.74. The maximum atomic E-state index is 12.6. The summed E-state index contributed by atoms with van der Waals surface area (Å²) in [5, 5.41) is 0. The van der Waals surface area contributed by atoms with Crippen molar-refractivity contribution < 1.29 is 17.9 Å². The summed E-state index contributed by atoms with van der Waals surface area (Å²) >= 11 is 0. The minimum Gasteiger partial charge on any atom is -0.494 e. The van der Waals surface area contributed by atoms with E-state index in [0.29, 0.717) is 44.0 Å². The van der Waals surface area contributed by atoms with E-state index in [1.807, 2.05) is 30.0 Å². The van der Waals surface area contributed by atoms with E-state index in [1.165, 1.54) is 16.2 Å². The van der Waals surface area contributed by atoms with Crippen LogP contribution in [-0.4, -0.2) is 64.8 Å². The van der Waals surface area contributed by atoms with E-state index in [4.69, 9.17) is 4.74 Å². The molecule has 1 fully saturated rings. The standard InChI is InChI=1S/C23H31N3O4S/c1-3-30-22-13-11-21(12-14-22)26(31(2,28)29)15-7-10-23(27)25-18-16-24(17-19-25)20-8-5-4-6-9-20/h4-6,8-9,11-14H,3,7,10,15-19H2,1-2H3. The van der Waals surface area contributed by atoms with Gasteiger partial charge in [0.2, 0.25) is 15.9 Å². The normalized spacial score (nSPS) is 14.4. The second kappa shape index (κ2) is 10.5. The molecule has 2 aromatic carbocycles. The second-order valence-electron chi connectivity index (χ2n) is 7.57. The van der Waals surface area contributed by atoms with Gasteiger partial charge in [-0.25, -0.2) is 8.42 Å². The van der Waals surface area contributed by atoms with Crippen LogP contribution in [0.5, 0.6) is 5.75 Å². The fourth-order valence-corrected chi connectivity index (χ4v) is 4.71. The summed E-state index contributed by atoms with van der Waals surface area (Å²) in [5.74, 6) is 0.775. The van der Waals surface area contributed by atoms with Crippen LogP contribution >= 0.6 is 0 Å². The molecule has 168 valence electrons. The van der Waals surface area contributed by atoms with Gasteiger partial charge in [-0.2, -0.15) is 0 Å². The molecule has 1 aliphatic rings. The molecule has 0 aromatic heterocycles. The SMILES string of the molecule is CCOc1ccc(N(CCCC(=O)N2CCN(c3ccccc3)CC2)S(C)(=O)=O)cc1. The molecule has 7 nitrogen and oxygen atoms in total. The van der Waals surface area contributed by atoms with Gasteiger partial charge >= 0.3 is 0 Å². The van der Waals surface area contributed by atoms with Crippen LogP contribution in [-0.2, 0) is 14.8 Å². The third-order valence-corrected chi connectivity index (χ3v) is 6.54. The van der Waals surface area contributed by atoms with Crippen molar-refractivity contribution in [2.45, 2.75) is 19.8 Å². The van der Waals surface area contributed by atoms with Gasteiger partial charge < -0.3 is 14.5 Å². The number of hydrogen-bond acceptors (Lipinski definition) is 5. The lowest BCUT2D eigenvalue weighted by molar-refractivity contribution is -0.131. The van der Waals surface area contributed by atoms with Gasteiger partial charge in [0.15, 0.2) is 0 Å². The van der Waals surface area contributed by atoms with E-state index >= 15 is 0 Å². The second-order valence-corrected chi connectivity index (χ2v) is 9.48. The van der Waals surface area contributed by atoms with Gasteiger partial charge in [-0.15, -0.1) is 0 Å². The van der Waals surface area contributed by atoms with Crippen LogP contribution in [0.1, 0.15) is 19.8 Å². The number of ether oxygens (including phenoxy) is 1. The molecule has 31 heavy (non-hydrogen) atoms. The molecule has 0 spiro atoms. The minimum absolute atomic E-state index is 0.0767. The molecule has 0 unspecified atom stereocenters. The lowest BCUT2D eigenvalue weighted by Gasteiger charge is -2.36. The Morgan fingerprint density at radius 3 is 2.23 bits per heavy atom. The van der Waals surface area contributed by atoms with Crippen molar-refractivity contribution in [1.29, 1.82) is 0 Å². The van der Waals surface area contributed by atoms with E-state index in [1.54, 1.807) is 24.3 Å². The highest BCUT2D eigenvalue weighted by atomic mass is 32.2. The molecule has 0 atom stereocenters. The van der Waals surface area contributed by atoms with Gasteiger partial charge in [0.1, 0.15) is 5.75 Å². The summed E-state index contributed by atoms with van der Waals surface area (Å²) in [4.78, 5) is 16.8. The van der Waals surface area contributed by atoms with Crippen molar-refractivity contribution in [3.05, 3.63) is 54.6 Å². The summed E-state index contributed by atoms with van der Waals surface area (Å²) < 4.78 is 31.3. The molecular weight excluding hydrogens is 414 g/mol. The first-order valence-corrected chi connectivity index (χ1v) is 12.5. The summed E-state index contributed by atoms with van der Waals surface area (Å²) in [6, 6.07) is 17.2. The Morgan fingerprint density at radius 2 is 1.65 bits per heavy atom. The van der Waals surface area contributed by atoms with Gasteiger partial charge in [-0.3, -0.25) is 9.10 Å². The number of carbonyl (C=O) groups is 1. The number of anilines is 2. The highest BCUT2D eigenvalue weighted by Gasteiger charge is 2.22. The average Bonchev–Trinajstić information content (AvgIpc) is 2.77. The third kappa shape index (κ3) is 6.37. The van der Waals surface area contributed by atoms with E-state index in [2.05, 4.69) is 17.0 Å². The zero-order valence-corrected chi connectivity index (χ0v) is 19.1. The van der Waals surface area contributed by atoms with E-state index in [-0.39, 0.29) is 12.5 Å². The molecule has 8 heteroatoms. The topological polar surface area (TPSA) is 70.2 Å². The number of carbonyl (C=O) groups excluding carboxylic acids is 1. The van der Waals surface area contributed by atoms with Gasteiger partial charge in [-0.1, -0.05) is 18.2 Å². The first kappa shape index (κ1) is 22.9. The molecule has 0 N–H and O–H groups in total.